The molecular formula is C21H22FN3O2. The molecule has 5 nitrogen and oxygen atoms in total. The van der Waals surface area contributed by atoms with E-state index in [0.717, 1.165) is 28.1 Å². The van der Waals surface area contributed by atoms with Gasteiger partial charge < -0.3 is 10.1 Å². The van der Waals surface area contributed by atoms with Crippen LogP contribution in [0.4, 0.5) is 4.39 Å². The van der Waals surface area contributed by atoms with Gasteiger partial charge in [0.1, 0.15) is 11.6 Å². The molecule has 27 heavy (non-hydrogen) atoms. The van der Waals surface area contributed by atoms with E-state index in [1.807, 2.05) is 37.4 Å². The average Bonchev–Trinajstić information content (AvgIpc) is 3.14. The van der Waals surface area contributed by atoms with Crippen LogP contribution < -0.4 is 10.1 Å². The van der Waals surface area contributed by atoms with E-state index in [2.05, 4.69) is 10.4 Å². The molecule has 1 amide bonds. The number of carbonyl (C=O) groups excluding carboxylic acids is 1. The molecule has 0 aliphatic carbocycles. The number of halogens is 1. The Morgan fingerprint density at radius 2 is 2.00 bits per heavy atom. The van der Waals surface area contributed by atoms with Gasteiger partial charge in [-0.2, -0.15) is 5.10 Å². The predicted molar refractivity (Wildman–Crippen MR) is 102 cm³/mol. The van der Waals surface area contributed by atoms with Crippen molar-refractivity contribution in [3.63, 3.8) is 0 Å². The summed E-state index contributed by atoms with van der Waals surface area (Å²) in [5, 5.41) is 7.32. The summed E-state index contributed by atoms with van der Waals surface area (Å²) >= 11 is 0. The number of amides is 1. The van der Waals surface area contributed by atoms with Crippen LogP contribution in [0.15, 0.2) is 54.9 Å². The minimum atomic E-state index is -0.295. The number of carbonyl (C=O) groups is 1. The van der Waals surface area contributed by atoms with Gasteiger partial charge in [-0.3, -0.25) is 4.79 Å². The number of aromatic nitrogens is 2. The molecule has 1 heterocycles. The van der Waals surface area contributed by atoms with Gasteiger partial charge in [0, 0.05) is 11.8 Å². The number of hydrogen-bond acceptors (Lipinski definition) is 3. The summed E-state index contributed by atoms with van der Waals surface area (Å²) in [6.07, 6.45) is 3.83. The molecule has 0 bridgehead atoms. The van der Waals surface area contributed by atoms with Crippen molar-refractivity contribution >= 4 is 5.91 Å². The maximum atomic E-state index is 13.2. The van der Waals surface area contributed by atoms with Crippen molar-refractivity contribution in [3.8, 4) is 11.4 Å². The minimum Gasteiger partial charge on any atom is -0.497 e. The molecule has 140 valence electrons. The van der Waals surface area contributed by atoms with Crippen molar-refractivity contribution in [2.45, 2.75) is 26.3 Å². The monoisotopic (exact) mass is 367 g/mol. The molecule has 0 spiro atoms. The van der Waals surface area contributed by atoms with Crippen molar-refractivity contribution in [1.82, 2.24) is 15.1 Å². The number of aryl methyl sites for hydroxylation is 1. The summed E-state index contributed by atoms with van der Waals surface area (Å²) in [6, 6.07) is 11.8. The summed E-state index contributed by atoms with van der Waals surface area (Å²) < 4.78 is 20.1. The molecule has 0 radical (unpaired) electrons. The second-order valence-electron chi connectivity index (χ2n) is 6.45. The summed E-state index contributed by atoms with van der Waals surface area (Å²) in [7, 11) is 1.62. The van der Waals surface area contributed by atoms with Crippen molar-refractivity contribution in [1.29, 1.82) is 0 Å². The third-order valence-electron chi connectivity index (χ3n) is 4.47. The molecule has 1 aromatic heterocycles. The Morgan fingerprint density at radius 1 is 1.26 bits per heavy atom. The van der Waals surface area contributed by atoms with Gasteiger partial charge in [-0.1, -0.05) is 6.07 Å². The van der Waals surface area contributed by atoms with Crippen molar-refractivity contribution in [3.05, 3.63) is 77.4 Å². The van der Waals surface area contributed by atoms with E-state index in [1.165, 1.54) is 12.1 Å². The van der Waals surface area contributed by atoms with E-state index in [-0.39, 0.29) is 24.2 Å². The fourth-order valence-corrected chi connectivity index (χ4v) is 2.84. The summed E-state index contributed by atoms with van der Waals surface area (Å²) in [4.78, 5) is 12.3. The van der Waals surface area contributed by atoms with E-state index in [0.29, 0.717) is 0 Å². The first-order chi connectivity index (χ1) is 13.0. The van der Waals surface area contributed by atoms with Gasteiger partial charge in [-0.25, -0.2) is 9.07 Å². The molecule has 0 saturated heterocycles. The highest BCUT2D eigenvalue weighted by Crippen LogP contribution is 2.18. The zero-order valence-corrected chi connectivity index (χ0v) is 15.6. The standard InChI is InChI=1S/C21H22FN3O2/c1-14-10-18(22)5-4-16(14)11-21(26)24-15(2)17-12-23-25(13-17)19-6-8-20(27-3)9-7-19/h4-10,12-13,15H,11H2,1-3H3,(H,24,26)/t15-/m0/s1. The normalized spacial score (nSPS) is 11.9. The van der Waals surface area contributed by atoms with Crippen molar-refractivity contribution in [2.75, 3.05) is 7.11 Å². The van der Waals surface area contributed by atoms with Crippen LogP contribution in [0.25, 0.3) is 5.69 Å². The topological polar surface area (TPSA) is 56.1 Å². The Bertz CT molecular complexity index is 935. The van der Waals surface area contributed by atoms with Gasteiger partial charge in [0.25, 0.3) is 0 Å². The van der Waals surface area contributed by atoms with E-state index >= 15 is 0 Å². The molecule has 3 rings (SSSR count). The maximum absolute atomic E-state index is 13.2. The largest absolute Gasteiger partial charge is 0.497 e. The fourth-order valence-electron chi connectivity index (χ4n) is 2.84. The highest BCUT2D eigenvalue weighted by Gasteiger charge is 2.13. The van der Waals surface area contributed by atoms with Crippen LogP contribution in [0.3, 0.4) is 0 Å². The van der Waals surface area contributed by atoms with Gasteiger partial charge in [0.2, 0.25) is 5.91 Å². The lowest BCUT2D eigenvalue weighted by Gasteiger charge is -2.13. The molecule has 0 fully saturated rings. The Balaban J connectivity index is 1.64. The number of methoxy groups -OCH3 is 1. The first-order valence-electron chi connectivity index (χ1n) is 8.69. The Hall–Kier alpha value is -3.15. The van der Waals surface area contributed by atoms with Crippen LogP contribution in [0.1, 0.15) is 29.7 Å². The van der Waals surface area contributed by atoms with Crippen LogP contribution in [0.2, 0.25) is 0 Å². The number of nitrogens with one attached hydrogen (secondary N) is 1. The highest BCUT2D eigenvalue weighted by atomic mass is 19.1. The van der Waals surface area contributed by atoms with Crippen LogP contribution in [-0.4, -0.2) is 22.8 Å². The number of nitrogens with zero attached hydrogens (tertiary/aromatic N) is 2. The molecule has 0 aliphatic heterocycles. The third-order valence-corrected chi connectivity index (χ3v) is 4.47. The zero-order valence-electron chi connectivity index (χ0n) is 15.6. The smallest absolute Gasteiger partial charge is 0.224 e. The van der Waals surface area contributed by atoms with E-state index in [9.17, 15) is 9.18 Å². The second kappa shape index (κ2) is 8.03. The molecule has 0 aliphatic rings. The van der Waals surface area contributed by atoms with E-state index < -0.39 is 0 Å². The summed E-state index contributed by atoms with van der Waals surface area (Å²) in [6.45, 7) is 3.71. The van der Waals surface area contributed by atoms with Crippen LogP contribution in [0, 0.1) is 12.7 Å². The first kappa shape index (κ1) is 18.6. The van der Waals surface area contributed by atoms with Crippen molar-refractivity contribution < 1.29 is 13.9 Å². The predicted octanol–water partition coefficient (Wildman–Crippen LogP) is 3.75. The highest BCUT2D eigenvalue weighted by molar-refractivity contribution is 5.79. The van der Waals surface area contributed by atoms with Gasteiger partial charge in [-0.05, 0) is 61.4 Å². The number of benzene rings is 2. The molecule has 6 heteroatoms. The number of hydrogen-bond donors (Lipinski definition) is 1. The molecular weight excluding hydrogens is 345 g/mol. The average molecular weight is 367 g/mol. The molecule has 2 aromatic carbocycles. The lowest BCUT2D eigenvalue weighted by Crippen LogP contribution is -2.28. The molecule has 0 unspecified atom stereocenters. The van der Waals surface area contributed by atoms with Crippen LogP contribution in [0.5, 0.6) is 5.75 Å². The fraction of sp³-hybridized carbons (Fsp3) is 0.238. The molecule has 1 atom stereocenters. The quantitative estimate of drug-likeness (QED) is 0.722. The molecule has 1 N–H and O–H groups in total. The van der Waals surface area contributed by atoms with Crippen LogP contribution in [-0.2, 0) is 11.2 Å². The third kappa shape index (κ3) is 4.53. The lowest BCUT2D eigenvalue weighted by molar-refractivity contribution is -0.121. The van der Waals surface area contributed by atoms with Gasteiger partial charge in [0.15, 0.2) is 0 Å². The van der Waals surface area contributed by atoms with Crippen molar-refractivity contribution in [2.24, 2.45) is 0 Å². The SMILES string of the molecule is COc1ccc(-n2cc([C@H](C)NC(=O)Cc3ccc(F)cc3C)cn2)cc1. The Morgan fingerprint density at radius 3 is 2.67 bits per heavy atom. The maximum Gasteiger partial charge on any atom is 0.224 e. The number of ether oxygens (including phenoxy) is 1. The van der Waals surface area contributed by atoms with Gasteiger partial charge in [0.05, 0.1) is 31.5 Å². The van der Waals surface area contributed by atoms with Crippen LogP contribution >= 0.6 is 0 Å². The first-order valence-corrected chi connectivity index (χ1v) is 8.69. The van der Waals surface area contributed by atoms with Gasteiger partial charge in [-0.15, -0.1) is 0 Å². The van der Waals surface area contributed by atoms with E-state index in [4.69, 9.17) is 4.74 Å². The second-order valence-corrected chi connectivity index (χ2v) is 6.45. The molecule has 3 aromatic rings. The minimum absolute atomic E-state index is 0.116. The van der Waals surface area contributed by atoms with E-state index in [1.54, 1.807) is 31.0 Å². The summed E-state index contributed by atoms with van der Waals surface area (Å²) in [5.41, 5.74) is 3.39. The Labute approximate surface area is 157 Å². The lowest BCUT2D eigenvalue weighted by atomic mass is 10.0. The molecule has 0 saturated carbocycles. The van der Waals surface area contributed by atoms with Gasteiger partial charge >= 0.3 is 0 Å². The zero-order chi connectivity index (χ0) is 19.4. The Kier molecular flexibility index (Phi) is 5.54. The number of rotatable bonds is 6. The summed E-state index contributed by atoms with van der Waals surface area (Å²) in [5.74, 6) is 0.369.